The predicted octanol–water partition coefficient (Wildman–Crippen LogP) is 4.27. The molecule has 3 N–H and O–H groups in total. The van der Waals surface area contributed by atoms with Crippen molar-refractivity contribution in [3.8, 4) is 16.9 Å². The summed E-state index contributed by atoms with van der Waals surface area (Å²) < 4.78 is 8.68. The Balaban J connectivity index is 1.42. The van der Waals surface area contributed by atoms with Gasteiger partial charge in [-0.2, -0.15) is 10.2 Å². The number of hydrogen-bond acceptors (Lipinski definition) is 5. The van der Waals surface area contributed by atoms with Gasteiger partial charge in [-0.1, -0.05) is 48.5 Å². The van der Waals surface area contributed by atoms with Crippen molar-refractivity contribution in [3.05, 3.63) is 84.2 Å². The van der Waals surface area contributed by atoms with Gasteiger partial charge in [0.25, 0.3) is 0 Å². The molecule has 5 rings (SSSR count). The second kappa shape index (κ2) is 11.2. The lowest BCUT2D eigenvalue weighted by Crippen LogP contribution is -2.40. The fraction of sp³-hybridized carbons (Fsp3) is 0.345. The Morgan fingerprint density at radius 2 is 1.84 bits per heavy atom. The van der Waals surface area contributed by atoms with Gasteiger partial charge < -0.3 is 15.2 Å². The third kappa shape index (κ3) is 5.34. The van der Waals surface area contributed by atoms with E-state index in [1.165, 1.54) is 0 Å². The van der Waals surface area contributed by atoms with Crippen LogP contribution in [0.1, 0.15) is 29.9 Å². The summed E-state index contributed by atoms with van der Waals surface area (Å²) in [5.41, 5.74) is 4.46. The van der Waals surface area contributed by atoms with Crippen LogP contribution in [0.5, 0.6) is 0 Å². The lowest BCUT2D eigenvalue weighted by Gasteiger charge is -2.22. The molecule has 1 aliphatic carbocycles. The molecular weight excluding hydrogens is 480 g/mol. The largest absolute Gasteiger partial charge is 0.390 e. The number of carbonyl (C=O) groups excluding carboxylic acids is 1. The molecule has 198 valence electrons. The average Bonchev–Trinajstić information content (AvgIpc) is 3.63. The van der Waals surface area contributed by atoms with Gasteiger partial charge in [0.15, 0.2) is 0 Å². The zero-order valence-corrected chi connectivity index (χ0v) is 21.9. The summed E-state index contributed by atoms with van der Waals surface area (Å²) in [5, 5.41) is 26.0. The molecule has 0 bridgehead atoms. The van der Waals surface area contributed by atoms with Crippen LogP contribution in [0.3, 0.4) is 0 Å². The fourth-order valence-electron chi connectivity index (χ4n) is 5.45. The van der Waals surface area contributed by atoms with E-state index in [0.29, 0.717) is 12.2 Å². The number of aromatic nitrogens is 4. The number of aliphatic hydroxyl groups excluding tert-OH is 1. The number of amides is 2. The number of carbonyl (C=O) groups is 1. The Hall–Kier alpha value is -3.95. The standard InChI is InChI=1S/C29H34N6O3/c1-19-27(22-16-30-34(2)17-22)33-35(23-12-8-5-9-13-23)28(19)32-29(37)31-25-15-21(26(36)18-38-3)14-24(25)20-10-6-4-7-11-20/h4-13,16-17,21,24-26,36H,14-15,18H2,1-3H3,(H2,31,32,37)/t21?,24-,25+,26?/m0/s1. The van der Waals surface area contributed by atoms with Crippen LogP contribution >= 0.6 is 0 Å². The first-order valence-corrected chi connectivity index (χ1v) is 12.9. The zero-order chi connectivity index (χ0) is 26.6. The number of hydrogen-bond donors (Lipinski definition) is 3. The molecule has 1 aliphatic rings. The van der Waals surface area contributed by atoms with Gasteiger partial charge in [-0.15, -0.1) is 0 Å². The van der Waals surface area contributed by atoms with Gasteiger partial charge in [-0.3, -0.25) is 10.00 Å². The van der Waals surface area contributed by atoms with E-state index in [-0.39, 0.29) is 30.5 Å². The lowest BCUT2D eigenvalue weighted by atomic mass is 9.93. The molecule has 1 fully saturated rings. The Bertz CT molecular complexity index is 1370. The number of anilines is 1. The minimum absolute atomic E-state index is 0.0271. The van der Waals surface area contributed by atoms with Crippen molar-refractivity contribution in [3.63, 3.8) is 0 Å². The van der Waals surface area contributed by atoms with Crippen molar-refractivity contribution in [1.29, 1.82) is 0 Å². The van der Waals surface area contributed by atoms with E-state index in [1.54, 1.807) is 22.7 Å². The van der Waals surface area contributed by atoms with Crippen LogP contribution in [0, 0.1) is 12.8 Å². The highest BCUT2D eigenvalue weighted by Gasteiger charge is 2.39. The number of aliphatic hydroxyl groups is 1. The van der Waals surface area contributed by atoms with Crippen LogP contribution in [0.25, 0.3) is 16.9 Å². The van der Waals surface area contributed by atoms with Crippen molar-refractivity contribution in [2.45, 2.75) is 37.8 Å². The average molecular weight is 515 g/mol. The molecule has 2 aromatic carbocycles. The molecule has 9 heteroatoms. The number of nitrogens with zero attached hydrogens (tertiary/aromatic N) is 4. The highest BCUT2D eigenvalue weighted by molar-refractivity contribution is 5.91. The van der Waals surface area contributed by atoms with Crippen LogP contribution in [0.15, 0.2) is 73.1 Å². The predicted molar refractivity (Wildman–Crippen MR) is 146 cm³/mol. The van der Waals surface area contributed by atoms with Gasteiger partial charge in [-0.25, -0.2) is 9.48 Å². The minimum Gasteiger partial charge on any atom is -0.390 e. The molecule has 2 unspecified atom stereocenters. The van der Waals surface area contributed by atoms with Crippen LogP contribution in [0.2, 0.25) is 0 Å². The summed E-state index contributed by atoms with van der Waals surface area (Å²) in [6.07, 6.45) is 4.53. The van der Waals surface area contributed by atoms with Gasteiger partial charge >= 0.3 is 6.03 Å². The van der Waals surface area contributed by atoms with Gasteiger partial charge in [0.1, 0.15) is 11.5 Å². The van der Waals surface area contributed by atoms with Crippen LogP contribution in [-0.4, -0.2) is 56.6 Å². The second-order valence-corrected chi connectivity index (χ2v) is 9.95. The molecular formula is C29H34N6O3. The van der Waals surface area contributed by atoms with E-state index in [4.69, 9.17) is 9.84 Å². The Kier molecular flexibility index (Phi) is 7.57. The van der Waals surface area contributed by atoms with Gasteiger partial charge in [0.05, 0.1) is 24.6 Å². The number of urea groups is 1. The molecule has 0 saturated heterocycles. The first-order valence-electron chi connectivity index (χ1n) is 12.9. The van der Waals surface area contributed by atoms with Crippen LogP contribution in [0.4, 0.5) is 10.6 Å². The highest BCUT2D eigenvalue weighted by Crippen LogP contribution is 2.40. The van der Waals surface area contributed by atoms with E-state index in [2.05, 4.69) is 27.9 Å². The SMILES string of the molecule is COCC(O)C1C[C@@H](NC(=O)Nc2c(C)c(-c3cnn(C)c3)nn2-c2ccccc2)[C@H](c2ccccc2)C1. The van der Waals surface area contributed by atoms with E-state index in [9.17, 15) is 9.90 Å². The van der Waals surface area contributed by atoms with Crippen molar-refractivity contribution in [1.82, 2.24) is 24.9 Å². The van der Waals surface area contributed by atoms with Gasteiger partial charge in [-0.05, 0) is 43.4 Å². The summed E-state index contributed by atoms with van der Waals surface area (Å²) in [5.74, 6) is 0.710. The fourth-order valence-corrected chi connectivity index (χ4v) is 5.45. The first kappa shape index (κ1) is 25.7. The quantitative estimate of drug-likeness (QED) is 0.326. The molecule has 4 atom stereocenters. The Morgan fingerprint density at radius 1 is 1.13 bits per heavy atom. The van der Waals surface area contributed by atoms with E-state index < -0.39 is 6.10 Å². The number of benzene rings is 2. The topological polar surface area (TPSA) is 106 Å². The maximum atomic E-state index is 13.5. The van der Waals surface area contributed by atoms with Crippen molar-refractivity contribution in [2.75, 3.05) is 19.0 Å². The number of methoxy groups -OCH3 is 1. The molecule has 4 aromatic rings. The minimum atomic E-state index is -0.579. The third-order valence-electron chi connectivity index (χ3n) is 7.36. The molecule has 0 radical (unpaired) electrons. The maximum absolute atomic E-state index is 13.5. The van der Waals surface area contributed by atoms with Crippen molar-refractivity contribution in [2.24, 2.45) is 13.0 Å². The number of rotatable bonds is 8. The molecule has 38 heavy (non-hydrogen) atoms. The third-order valence-corrected chi connectivity index (χ3v) is 7.36. The van der Waals surface area contributed by atoms with Crippen LogP contribution < -0.4 is 10.6 Å². The van der Waals surface area contributed by atoms with Crippen LogP contribution in [-0.2, 0) is 11.8 Å². The van der Waals surface area contributed by atoms with E-state index >= 15 is 0 Å². The van der Waals surface area contributed by atoms with Crippen molar-refractivity contribution >= 4 is 11.8 Å². The molecule has 2 heterocycles. The Labute approximate surface area is 222 Å². The molecule has 9 nitrogen and oxygen atoms in total. The van der Waals surface area contributed by atoms with Crippen molar-refractivity contribution < 1.29 is 14.6 Å². The van der Waals surface area contributed by atoms with E-state index in [1.807, 2.05) is 68.7 Å². The monoisotopic (exact) mass is 514 g/mol. The number of para-hydroxylation sites is 1. The summed E-state index contributed by atoms with van der Waals surface area (Å²) in [6.45, 7) is 2.22. The zero-order valence-electron chi connectivity index (χ0n) is 21.9. The molecule has 0 aliphatic heterocycles. The number of nitrogens with one attached hydrogen (secondary N) is 2. The Morgan fingerprint density at radius 3 is 2.50 bits per heavy atom. The first-order chi connectivity index (χ1) is 18.4. The molecule has 2 aromatic heterocycles. The summed E-state index contributed by atoms with van der Waals surface area (Å²) in [7, 11) is 3.45. The highest BCUT2D eigenvalue weighted by atomic mass is 16.5. The van der Waals surface area contributed by atoms with E-state index in [0.717, 1.165) is 34.5 Å². The summed E-state index contributed by atoms with van der Waals surface area (Å²) in [4.78, 5) is 13.5. The maximum Gasteiger partial charge on any atom is 0.320 e. The lowest BCUT2D eigenvalue weighted by molar-refractivity contribution is 0.0263. The molecule has 2 amide bonds. The van der Waals surface area contributed by atoms with Gasteiger partial charge in [0, 0.05) is 43.4 Å². The summed E-state index contributed by atoms with van der Waals surface area (Å²) in [6, 6.07) is 19.4. The smallest absolute Gasteiger partial charge is 0.320 e. The summed E-state index contributed by atoms with van der Waals surface area (Å²) >= 11 is 0. The molecule has 1 saturated carbocycles. The normalized spacial score (nSPS) is 19.8. The second-order valence-electron chi connectivity index (χ2n) is 9.95. The molecule has 0 spiro atoms. The van der Waals surface area contributed by atoms with Gasteiger partial charge in [0.2, 0.25) is 0 Å². The number of aryl methyl sites for hydroxylation is 1. The number of ether oxygens (including phenoxy) is 1.